The smallest absolute Gasteiger partial charge is 0.0223 e. The zero-order chi connectivity index (χ0) is 10.7. The van der Waals surface area contributed by atoms with Gasteiger partial charge in [0.25, 0.3) is 0 Å². The predicted octanol–water partition coefficient (Wildman–Crippen LogP) is 0.764. The van der Waals surface area contributed by atoms with Crippen molar-refractivity contribution in [3.8, 4) is 0 Å². The van der Waals surface area contributed by atoms with Crippen molar-refractivity contribution < 1.29 is 0 Å². The first-order valence-corrected chi connectivity index (χ1v) is 6.47. The summed E-state index contributed by atoms with van der Waals surface area (Å²) in [6.07, 6.45) is 4.14. The van der Waals surface area contributed by atoms with Crippen molar-refractivity contribution >= 4 is 0 Å². The Morgan fingerprint density at radius 2 is 2.13 bits per heavy atom. The normalized spacial score (nSPS) is 34.0. The maximum Gasteiger partial charge on any atom is 0.0223 e. The molecule has 0 radical (unpaired) electrons. The van der Waals surface area contributed by atoms with Crippen LogP contribution >= 0.6 is 0 Å². The van der Waals surface area contributed by atoms with Gasteiger partial charge in [0.05, 0.1) is 0 Å². The van der Waals surface area contributed by atoms with Crippen LogP contribution < -0.4 is 5.32 Å². The molecule has 2 unspecified atom stereocenters. The molecule has 88 valence electrons. The van der Waals surface area contributed by atoms with E-state index in [0.717, 1.165) is 12.1 Å². The van der Waals surface area contributed by atoms with Crippen molar-refractivity contribution in [1.82, 2.24) is 15.1 Å². The van der Waals surface area contributed by atoms with E-state index in [9.17, 15) is 0 Å². The van der Waals surface area contributed by atoms with E-state index in [1.54, 1.807) is 0 Å². The van der Waals surface area contributed by atoms with Crippen molar-refractivity contribution in [3.05, 3.63) is 0 Å². The highest BCUT2D eigenvalue weighted by atomic mass is 15.2. The highest BCUT2D eigenvalue weighted by molar-refractivity contribution is 4.86. The van der Waals surface area contributed by atoms with Crippen LogP contribution in [0.3, 0.4) is 0 Å². The van der Waals surface area contributed by atoms with E-state index in [4.69, 9.17) is 0 Å². The Bertz CT molecular complexity index is 195. The van der Waals surface area contributed by atoms with Gasteiger partial charge in [0.15, 0.2) is 0 Å². The topological polar surface area (TPSA) is 18.5 Å². The third kappa shape index (κ3) is 2.71. The predicted molar refractivity (Wildman–Crippen MR) is 64.2 cm³/mol. The maximum absolute atomic E-state index is 3.39. The first-order chi connectivity index (χ1) is 7.33. The van der Waals surface area contributed by atoms with E-state index in [2.05, 4.69) is 29.1 Å². The zero-order valence-electron chi connectivity index (χ0n) is 10.2. The quantitative estimate of drug-likeness (QED) is 0.741. The lowest BCUT2D eigenvalue weighted by atomic mass is 10.2. The summed E-state index contributed by atoms with van der Waals surface area (Å²) in [5.74, 6) is 0. The summed E-state index contributed by atoms with van der Waals surface area (Å²) in [6.45, 7) is 8.69. The molecule has 0 aromatic rings. The van der Waals surface area contributed by atoms with E-state index in [1.807, 2.05) is 0 Å². The molecule has 1 N–H and O–H groups in total. The summed E-state index contributed by atoms with van der Waals surface area (Å²) >= 11 is 0. The Kier molecular flexibility index (Phi) is 4.00. The van der Waals surface area contributed by atoms with Crippen molar-refractivity contribution in [2.45, 2.75) is 38.3 Å². The summed E-state index contributed by atoms with van der Waals surface area (Å²) < 4.78 is 0. The van der Waals surface area contributed by atoms with Crippen LogP contribution in [0.15, 0.2) is 0 Å². The summed E-state index contributed by atoms with van der Waals surface area (Å²) in [6, 6.07) is 1.58. The molecule has 0 bridgehead atoms. The van der Waals surface area contributed by atoms with Gasteiger partial charge in [-0.3, -0.25) is 4.90 Å². The average Bonchev–Trinajstić information content (AvgIpc) is 2.87. The standard InChI is InChI=1S/C12H25N3/c1-3-15-7-4-5-12(15)10-14-8-6-11(9-14)13-2/h11-13H,3-10H2,1-2H3. The van der Waals surface area contributed by atoms with E-state index < -0.39 is 0 Å². The van der Waals surface area contributed by atoms with Crippen LogP contribution in [-0.4, -0.2) is 61.7 Å². The molecular weight excluding hydrogens is 186 g/mol. The number of likely N-dealkylation sites (N-methyl/N-ethyl adjacent to an activating group) is 2. The molecule has 2 atom stereocenters. The molecule has 0 saturated carbocycles. The van der Waals surface area contributed by atoms with Gasteiger partial charge < -0.3 is 10.2 Å². The number of likely N-dealkylation sites (tertiary alicyclic amines) is 2. The van der Waals surface area contributed by atoms with E-state index in [0.29, 0.717) is 0 Å². The van der Waals surface area contributed by atoms with Crippen LogP contribution in [0.1, 0.15) is 26.2 Å². The van der Waals surface area contributed by atoms with Crippen molar-refractivity contribution in [3.63, 3.8) is 0 Å². The molecule has 2 saturated heterocycles. The summed E-state index contributed by atoms with van der Waals surface area (Å²) in [5.41, 5.74) is 0. The molecule has 0 spiro atoms. The Morgan fingerprint density at radius 1 is 1.27 bits per heavy atom. The largest absolute Gasteiger partial charge is 0.316 e. The minimum atomic E-state index is 0.737. The molecule has 0 aromatic carbocycles. The molecule has 2 aliphatic rings. The Balaban J connectivity index is 1.77. The van der Waals surface area contributed by atoms with Gasteiger partial charge in [0.1, 0.15) is 0 Å². The molecular formula is C12H25N3. The Morgan fingerprint density at radius 3 is 2.80 bits per heavy atom. The minimum Gasteiger partial charge on any atom is -0.316 e. The Labute approximate surface area is 93.8 Å². The lowest BCUT2D eigenvalue weighted by Crippen LogP contribution is -2.40. The van der Waals surface area contributed by atoms with E-state index >= 15 is 0 Å². The van der Waals surface area contributed by atoms with Crippen LogP contribution in [0.5, 0.6) is 0 Å². The number of nitrogens with zero attached hydrogens (tertiary/aromatic N) is 2. The number of hydrogen-bond donors (Lipinski definition) is 1. The lowest BCUT2D eigenvalue weighted by molar-refractivity contribution is 0.196. The first-order valence-electron chi connectivity index (χ1n) is 6.47. The molecule has 3 nitrogen and oxygen atoms in total. The van der Waals surface area contributed by atoms with Crippen LogP contribution in [0.25, 0.3) is 0 Å². The Hall–Kier alpha value is -0.120. The summed E-state index contributed by atoms with van der Waals surface area (Å²) in [5, 5.41) is 3.39. The highest BCUT2D eigenvalue weighted by Crippen LogP contribution is 2.19. The second-order valence-corrected chi connectivity index (χ2v) is 4.96. The average molecular weight is 211 g/mol. The second-order valence-electron chi connectivity index (χ2n) is 4.96. The number of nitrogens with one attached hydrogen (secondary N) is 1. The first kappa shape index (κ1) is 11.4. The van der Waals surface area contributed by atoms with Gasteiger partial charge >= 0.3 is 0 Å². The van der Waals surface area contributed by atoms with E-state index in [-0.39, 0.29) is 0 Å². The van der Waals surface area contributed by atoms with Gasteiger partial charge in [-0.1, -0.05) is 6.92 Å². The molecule has 2 rings (SSSR count). The fraction of sp³-hybridized carbons (Fsp3) is 1.00. The molecule has 2 fully saturated rings. The molecule has 2 heterocycles. The maximum atomic E-state index is 3.39. The summed E-state index contributed by atoms with van der Waals surface area (Å²) in [4.78, 5) is 5.28. The molecule has 3 heteroatoms. The van der Waals surface area contributed by atoms with Gasteiger partial charge in [-0.2, -0.15) is 0 Å². The minimum absolute atomic E-state index is 0.737. The highest BCUT2D eigenvalue weighted by Gasteiger charge is 2.28. The monoisotopic (exact) mass is 211 g/mol. The molecule has 0 aliphatic carbocycles. The second kappa shape index (κ2) is 5.28. The zero-order valence-corrected chi connectivity index (χ0v) is 10.2. The van der Waals surface area contributed by atoms with Gasteiger partial charge in [-0.05, 0) is 45.9 Å². The third-order valence-corrected chi connectivity index (χ3v) is 4.05. The van der Waals surface area contributed by atoms with Gasteiger partial charge in [-0.25, -0.2) is 0 Å². The molecule has 0 aromatic heterocycles. The lowest BCUT2D eigenvalue weighted by Gasteiger charge is -2.27. The van der Waals surface area contributed by atoms with E-state index in [1.165, 1.54) is 52.0 Å². The molecule has 0 amide bonds. The molecule has 2 aliphatic heterocycles. The van der Waals surface area contributed by atoms with Gasteiger partial charge in [0.2, 0.25) is 0 Å². The van der Waals surface area contributed by atoms with Crippen LogP contribution in [0.4, 0.5) is 0 Å². The van der Waals surface area contributed by atoms with Crippen molar-refractivity contribution in [2.75, 3.05) is 39.8 Å². The summed E-state index contributed by atoms with van der Waals surface area (Å²) in [7, 11) is 2.09. The number of rotatable bonds is 4. The SMILES string of the molecule is CCN1CCCC1CN1CCC(NC)C1. The van der Waals surface area contributed by atoms with Crippen LogP contribution in [0.2, 0.25) is 0 Å². The fourth-order valence-electron chi connectivity index (χ4n) is 3.05. The molecule has 15 heavy (non-hydrogen) atoms. The van der Waals surface area contributed by atoms with Crippen LogP contribution in [-0.2, 0) is 0 Å². The van der Waals surface area contributed by atoms with Crippen molar-refractivity contribution in [2.24, 2.45) is 0 Å². The fourth-order valence-corrected chi connectivity index (χ4v) is 3.05. The number of hydrogen-bond acceptors (Lipinski definition) is 3. The van der Waals surface area contributed by atoms with Crippen molar-refractivity contribution in [1.29, 1.82) is 0 Å². The van der Waals surface area contributed by atoms with Gasteiger partial charge in [0, 0.05) is 25.2 Å². The third-order valence-electron chi connectivity index (χ3n) is 4.05. The van der Waals surface area contributed by atoms with Crippen LogP contribution in [0, 0.1) is 0 Å². The van der Waals surface area contributed by atoms with Gasteiger partial charge in [-0.15, -0.1) is 0 Å².